The number of benzene rings is 1. The summed E-state index contributed by atoms with van der Waals surface area (Å²) in [5, 5.41) is 3.05. The summed E-state index contributed by atoms with van der Waals surface area (Å²) in [5.41, 5.74) is 0.700. The Hall–Kier alpha value is -1.34. The lowest BCUT2D eigenvalue weighted by Gasteiger charge is -2.26. The highest BCUT2D eigenvalue weighted by atomic mass is 127. The minimum atomic E-state index is -0.0331. The number of likely N-dealkylation sites (tertiary alicyclic amines) is 1. The van der Waals surface area contributed by atoms with Crippen LogP contribution in [0.2, 0.25) is 0 Å². The molecule has 1 N–H and O–H groups in total. The molecule has 1 aromatic heterocycles. The van der Waals surface area contributed by atoms with Gasteiger partial charge in [0.15, 0.2) is 0 Å². The number of hydrogen-bond donors (Lipinski definition) is 1. The molecule has 2 aromatic rings. The van der Waals surface area contributed by atoms with E-state index in [4.69, 9.17) is 4.42 Å². The predicted molar refractivity (Wildman–Crippen MR) is 93.7 cm³/mol. The average molecular weight is 410 g/mol. The summed E-state index contributed by atoms with van der Waals surface area (Å²) in [6, 6.07) is 11.6. The molecule has 1 amide bonds. The van der Waals surface area contributed by atoms with Crippen LogP contribution in [0.4, 0.5) is 0 Å². The molecule has 1 aliphatic heterocycles. The van der Waals surface area contributed by atoms with Crippen molar-refractivity contribution in [2.45, 2.75) is 18.9 Å². The van der Waals surface area contributed by atoms with Gasteiger partial charge >= 0.3 is 0 Å². The van der Waals surface area contributed by atoms with Crippen LogP contribution in [0.5, 0.6) is 0 Å². The highest BCUT2D eigenvalue weighted by molar-refractivity contribution is 14.1. The van der Waals surface area contributed by atoms with Gasteiger partial charge in [-0.1, -0.05) is 6.07 Å². The van der Waals surface area contributed by atoms with Gasteiger partial charge in [-0.25, -0.2) is 0 Å². The number of nitrogens with zero attached hydrogens (tertiary/aromatic N) is 1. The van der Waals surface area contributed by atoms with Crippen LogP contribution in [0, 0.1) is 3.57 Å². The van der Waals surface area contributed by atoms with E-state index >= 15 is 0 Å². The first-order valence-electron chi connectivity index (χ1n) is 7.55. The molecule has 0 saturated carbocycles. The smallest absolute Gasteiger partial charge is 0.251 e. The minimum absolute atomic E-state index is 0.0331. The number of hydrogen-bond acceptors (Lipinski definition) is 3. The number of rotatable bonds is 5. The third-order valence-corrected chi connectivity index (χ3v) is 4.67. The molecule has 0 radical (unpaired) electrons. The first kappa shape index (κ1) is 15.6. The molecule has 0 aliphatic carbocycles. The second-order valence-electron chi connectivity index (χ2n) is 5.49. The summed E-state index contributed by atoms with van der Waals surface area (Å²) >= 11 is 2.22. The summed E-state index contributed by atoms with van der Waals surface area (Å²) in [6.45, 7) is 2.69. The summed E-state index contributed by atoms with van der Waals surface area (Å²) in [6.07, 6.45) is 4.11. The van der Waals surface area contributed by atoms with Gasteiger partial charge in [0.05, 0.1) is 12.3 Å². The lowest BCUT2D eigenvalue weighted by Crippen LogP contribution is -2.36. The molecule has 2 heterocycles. The van der Waals surface area contributed by atoms with Crippen LogP contribution in [0.3, 0.4) is 0 Å². The molecular formula is C17H19IN2O2. The van der Waals surface area contributed by atoms with Crippen LogP contribution < -0.4 is 5.32 Å². The van der Waals surface area contributed by atoms with Crippen molar-refractivity contribution in [2.24, 2.45) is 0 Å². The van der Waals surface area contributed by atoms with Gasteiger partial charge in [-0.2, -0.15) is 0 Å². The van der Waals surface area contributed by atoms with E-state index in [-0.39, 0.29) is 11.9 Å². The first-order chi connectivity index (χ1) is 10.7. The van der Waals surface area contributed by atoms with Gasteiger partial charge in [0.2, 0.25) is 0 Å². The van der Waals surface area contributed by atoms with Crippen LogP contribution >= 0.6 is 22.6 Å². The van der Waals surface area contributed by atoms with E-state index in [1.807, 2.05) is 36.4 Å². The van der Waals surface area contributed by atoms with Gasteiger partial charge in [-0.3, -0.25) is 9.69 Å². The zero-order valence-corrected chi connectivity index (χ0v) is 14.5. The third-order valence-electron chi connectivity index (χ3n) is 4.00. The molecule has 0 bridgehead atoms. The van der Waals surface area contributed by atoms with Gasteiger partial charge in [0, 0.05) is 15.7 Å². The van der Waals surface area contributed by atoms with Crippen molar-refractivity contribution >= 4 is 28.5 Å². The zero-order chi connectivity index (χ0) is 15.4. The third kappa shape index (κ3) is 3.70. The molecule has 1 atom stereocenters. The van der Waals surface area contributed by atoms with Crippen LogP contribution in [0.15, 0.2) is 47.1 Å². The fraction of sp³-hybridized carbons (Fsp3) is 0.353. The Kier molecular flexibility index (Phi) is 5.15. The molecule has 1 aliphatic rings. The number of amides is 1. The van der Waals surface area contributed by atoms with Crippen molar-refractivity contribution in [2.75, 3.05) is 19.6 Å². The van der Waals surface area contributed by atoms with Gasteiger partial charge in [0.25, 0.3) is 5.91 Å². The van der Waals surface area contributed by atoms with Crippen molar-refractivity contribution in [3.63, 3.8) is 0 Å². The minimum Gasteiger partial charge on any atom is -0.468 e. The number of carbonyl (C=O) groups is 1. The summed E-state index contributed by atoms with van der Waals surface area (Å²) in [7, 11) is 0. The van der Waals surface area contributed by atoms with Gasteiger partial charge in [0.1, 0.15) is 5.76 Å². The SMILES string of the molecule is O=C(NC[C@@H](c1ccco1)N1CCCC1)c1cccc(I)c1. The fourth-order valence-corrected chi connectivity index (χ4v) is 3.41. The number of carbonyl (C=O) groups excluding carboxylic acids is 1. The molecule has 116 valence electrons. The first-order valence-corrected chi connectivity index (χ1v) is 8.63. The number of nitrogens with one attached hydrogen (secondary N) is 1. The van der Waals surface area contributed by atoms with Gasteiger partial charge in [-0.15, -0.1) is 0 Å². The maximum atomic E-state index is 12.3. The predicted octanol–water partition coefficient (Wildman–Crippen LogP) is 3.45. The molecule has 1 saturated heterocycles. The van der Waals surface area contributed by atoms with E-state index in [0.717, 1.165) is 22.4 Å². The lowest BCUT2D eigenvalue weighted by molar-refractivity contribution is 0.0933. The molecule has 3 rings (SSSR count). The van der Waals surface area contributed by atoms with Crippen molar-refractivity contribution in [3.05, 3.63) is 57.6 Å². The van der Waals surface area contributed by atoms with Crippen molar-refractivity contribution in [1.82, 2.24) is 10.2 Å². The summed E-state index contributed by atoms with van der Waals surface area (Å²) in [5.74, 6) is 0.888. The molecule has 1 fully saturated rings. The van der Waals surface area contributed by atoms with Crippen molar-refractivity contribution < 1.29 is 9.21 Å². The van der Waals surface area contributed by atoms with Crippen LogP contribution in [0.1, 0.15) is 35.0 Å². The number of halogens is 1. The molecule has 5 heteroatoms. The standard InChI is InChI=1S/C17H19IN2O2/c18-14-6-3-5-13(11-14)17(21)19-12-15(16-7-4-10-22-16)20-8-1-2-9-20/h3-7,10-11,15H,1-2,8-9,12H2,(H,19,21)/t15-/m0/s1. The maximum absolute atomic E-state index is 12.3. The monoisotopic (exact) mass is 410 g/mol. The van der Waals surface area contributed by atoms with Crippen LogP contribution in [0.25, 0.3) is 0 Å². The van der Waals surface area contributed by atoms with Crippen molar-refractivity contribution in [3.8, 4) is 0 Å². The van der Waals surface area contributed by atoms with E-state index in [0.29, 0.717) is 12.1 Å². The fourth-order valence-electron chi connectivity index (χ4n) is 2.86. The van der Waals surface area contributed by atoms with Gasteiger partial charge in [-0.05, 0) is 78.9 Å². The molecular weight excluding hydrogens is 391 g/mol. The Morgan fingerprint density at radius 3 is 2.77 bits per heavy atom. The van der Waals surface area contributed by atoms with E-state index in [2.05, 4.69) is 32.8 Å². The van der Waals surface area contributed by atoms with Crippen LogP contribution in [-0.4, -0.2) is 30.4 Å². The average Bonchev–Trinajstić information content (AvgIpc) is 3.21. The van der Waals surface area contributed by atoms with E-state index in [1.54, 1.807) is 6.26 Å². The molecule has 4 nitrogen and oxygen atoms in total. The second-order valence-corrected chi connectivity index (χ2v) is 6.74. The second kappa shape index (κ2) is 7.28. The Bertz CT molecular complexity index is 621. The molecule has 0 unspecified atom stereocenters. The van der Waals surface area contributed by atoms with E-state index in [1.165, 1.54) is 12.8 Å². The maximum Gasteiger partial charge on any atom is 0.251 e. The Morgan fingerprint density at radius 1 is 1.27 bits per heavy atom. The topological polar surface area (TPSA) is 45.5 Å². The quantitative estimate of drug-likeness (QED) is 0.769. The Morgan fingerprint density at radius 2 is 2.09 bits per heavy atom. The van der Waals surface area contributed by atoms with Crippen molar-refractivity contribution in [1.29, 1.82) is 0 Å². The normalized spacial score (nSPS) is 16.6. The van der Waals surface area contributed by atoms with E-state index < -0.39 is 0 Å². The van der Waals surface area contributed by atoms with Gasteiger partial charge < -0.3 is 9.73 Å². The molecule has 22 heavy (non-hydrogen) atoms. The van der Waals surface area contributed by atoms with Crippen LogP contribution in [-0.2, 0) is 0 Å². The van der Waals surface area contributed by atoms with E-state index in [9.17, 15) is 4.79 Å². The summed E-state index contributed by atoms with van der Waals surface area (Å²) < 4.78 is 6.63. The highest BCUT2D eigenvalue weighted by Gasteiger charge is 2.26. The molecule has 1 aromatic carbocycles. The highest BCUT2D eigenvalue weighted by Crippen LogP contribution is 2.25. The lowest BCUT2D eigenvalue weighted by atomic mass is 10.1. The Balaban J connectivity index is 1.67. The number of furan rings is 1. The molecule has 0 spiro atoms. The summed E-state index contributed by atoms with van der Waals surface area (Å²) in [4.78, 5) is 14.7. The zero-order valence-electron chi connectivity index (χ0n) is 12.3. The Labute approximate surface area is 144 Å². The largest absolute Gasteiger partial charge is 0.468 e.